The Kier molecular flexibility index (Phi) is 6.67. The van der Waals surface area contributed by atoms with Crippen molar-refractivity contribution in [2.24, 2.45) is 0 Å². The van der Waals surface area contributed by atoms with Gasteiger partial charge in [-0.15, -0.1) is 0 Å². The molecule has 0 radical (unpaired) electrons. The Morgan fingerprint density at radius 1 is 1.14 bits per heavy atom. The molecule has 1 amide bonds. The molecular formula is C19H31N5O3S. The number of hydrogen-bond donors (Lipinski definition) is 1. The zero-order valence-electron chi connectivity index (χ0n) is 17.0. The highest BCUT2D eigenvalue weighted by Gasteiger charge is 2.37. The second-order valence-corrected chi connectivity index (χ2v) is 10.0. The molecule has 1 N–H and O–H groups in total. The third kappa shape index (κ3) is 4.52. The molecule has 156 valence electrons. The molecule has 2 aliphatic rings. The van der Waals surface area contributed by atoms with Crippen LogP contribution in [0.2, 0.25) is 0 Å². The van der Waals surface area contributed by atoms with Crippen LogP contribution < -0.4 is 5.32 Å². The molecule has 1 atom stereocenters. The first-order chi connectivity index (χ1) is 13.3. The van der Waals surface area contributed by atoms with E-state index in [4.69, 9.17) is 0 Å². The summed E-state index contributed by atoms with van der Waals surface area (Å²) < 4.78 is 28.4. The molecule has 1 aliphatic carbocycles. The predicted octanol–water partition coefficient (Wildman–Crippen LogP) is 2.18. The van der Waals surface area contributed by atoms with Gasteiger partial charge in [0.15, 0.2) is 0 Å². The van der Waals surface area contributed by atoms with Crippen molar-refractivity contribution in [2.75, 3.05) is 20.6 Å². The maximum Gasteiger partial charge on any atom is 0.282 e. The van der Waals surface area contributed by atoms with Crippen LogP contribution in [0.5, 0.6) is 0 Å². The van der Waals surface area contributed by atoms with E-state index in [1.54, 1.807) is 13.1 Å². The minimum Gasteiger partial charge on any atom is -0.349 e. The fourth-order valence-electron chi connectivity index (χ4n) is 4.09. The summed E-state index contributed by atoms with van der Waals surface area (Å²) in [5.41, 5.74) is 0.910. The van der Waals surface area contributed by atoms with Crippen molar-refractivity contribution >= 4 is 16.1 Å². The summed E-state index contributed by atoms with van der Waals surface area (Å²) in [7, 11) is -0.544. The number of amides is 1. The molecule has 0 bridgehead atoms. The van der Waals surface area contributed by atoms with Crippen LogP contribution in [-0.4, -0.2) is 59.6 Å². The Morgan fingerprint density at radius 2 is 1.82 bits per heavy atom. The molecule has 1 aliphatic heterocycles. The van der Waals surface area contributed by atoms with Crippen molar-refractivity contribution in [3.63, 3.8) is 0 Å². The molecule has 0 spiro atoms. The van der Waals surface area contributed by atoms with Gasteiger partial charge in [0, 0.05) is 32.9 Å². The number of piperidine rings is 1. The number of aryl methyl sites for hydroxylation is 1. The maximum absolute atomic E-state index is 13.0. The lowest BCUT2D eigenvalue weighted by atomic mass is 9.94. The minimum atomic E-state index is -3.61. The molecule has 28 heavy (non-hydrogen) atoms. The van der Waals surface area contributed by atoms with Gasteiger partial charge < -0.3 is 5.32 Å². The predicted molar refractivity (Wildman–Crippen MR) is 107 cm³/mol. The zero-order chi connectivity index (χ0) is 20.3. The van der Waals surface area contributed by atoms with E-state index in [1.165, 1.54) is 29.1 Å². The summed E-state index contributed by atoms with van der Waals surface area (Å²) in [5, 5.41) is 3.11. The average molecular weight is 410 g/mol. The summed E-state index contributed by atoms with van der Waals surface area (Å²) in [4.78, 5) is 21.8. The first-order valence-electron chi connectivity index (χ1n) is 10.1. The van der Waals surface area contributed by atoms with Crippen molar-refractivity contribution in [3.05, 3.63) is 23.3 Å². The number of aromatic nitrogens is 2. The van der Waals surface area contributed by atoms with E-state index >= 15 is 0 Å². The monoisotopic (exact) mass is 409 g/mol. The van der Waals surface area contributed by atoms with Gasteiger partial charge in [0.25, 0.3) is 16.1 Å². The van der Waals surface area contributed by atoms with E-state index in [-0.39, 0.29) is 11.9 Å². The SMILES string of the molecule is Cc1ncc(C(=O)NC2CCCCC2)c([C@@H]2CCCCN2S(=O)(=O)N(C)C)n1. The van der Waals surface area contributed by atoms with E-state index in [0.29, 0.717) is 30.0 Å². The number of nitrogens with zero attached hydrogens (tertiary/aromatic N) is 4. The second-order valence-electron chi connectivity index (χ2n) is 7.94. The average Bonchev–Trinajstić information content (AvgIpc) is 2.68. The molecule has 9 heteroatoms. The molecule has 8 nitrogen and oxygen atoms in total. The van der Waals surface area contributed by atoms with Crippen molar-refractivity contribution in [1.29, 1.82) is 0 Å². The van der Waals surface area contributed by atoms with Gasteiger partial charge >= 0.3 is 0 Å². The maximum atomic E-state index is 13.0. The van der Waals surface area contributed by atoms with Crippen LogP contribution in [0.25, 0.3) is 0 Å². The molecule has 0 aromatic carbocycles. The summed E-state index contributed by atoms with van der Waals surface area (Å²) in [6, 6.07) is -0.279. The molecule has 3 rings (SSSR count). The fourth-order valence-corrected chi connectivity index (χ4v) is 5.40. The molecule has 1 aromatic heterocycles. The highest BCUT2D eigenvalue weighted by Crippen LogP contribution is 2.34. The normalized spacial score (nSPS) is 22.4. The first-order valence-corrected chi connectivity index (χ1v) is 11.5. The van der Waals surface area contributed by atoms with Crippen LogP contribution in [0.1, 0.15) is 79.3 Å². The highest BCUT2D eigenvalue weighted by molar-refractivity contribution is 7.86. The van der Waals surface area contributed by atoms with Crippen molar-refractivity contribution in [1.82, 2.24) is 23.9 Å². The fraction of sp³-hybridized carbons (Fsp3) is 0.737. The summed E-state index contributed by atoms with van der Waals surface area (Å²) >= 11 is 0. The quantitative estimate of drug-likeness (QED) is 0.804. The topological polar surface area (TPSA) is 95.5 Å². The standard InChI is InChI=1S/C19H31N5O3S/c1-14-20-13-16(19(25)22-15-9-5-4-6-10-15)18(21-14)17-11-7-8-12-24(17)28(26,27)23(2)3/h13,15,17H,4-12H2,1-3H3,(H,22,25)/t17-/m0/s1. The van der Waals surface area contributed by atoms with Crippen LogP contribution in [-0.2, 0) is 10.2 Å². The number of carbonyl (C=O) groups is 1. The number of hydrogen-bond acceptors (Lipinski definition) is 5. The Morgan fingerprint density at radius 3 is 2.50 bits per heavy atom. The van der Waals surface area contributed by atoms with Crippen LogP contribution >= 0.6 is 0 Å². The van der Waals surface area contributed by atoms with E-state index in [0.717, 1.165) is 38.5 Å². The summed E-state index contributed by atoms with van der Waals surface area (Å²) in [6.07, 6.45) is 9.33. The minimum absolute atomic E-state index is 0.170. The van der Waals surface area contributed by atoms with E-state index in [2.05, 4.69) is 15.3 Å². The Hall–Kier alpha value is -1.58. The van der Waals surface area contributed by atoms with Crippen LogP contribution in [0.4, 0.5) is 0 Å². The molecular weight excluding hydrogens is 378 g/mol. The van der Waals surface area contributed by atoms with Crippen LogP contribution in [0.3, 0.4) is 0 Å². The van der Waals surface area contributed by atoms with Gasteiger partial charge in [-0.3, -0.25) is 4.79 Å². The lowest BCUT2D eigenvalue weighted by Gasteiger charge is -2.36. The van der Waals surface area contributed by atoms with E-state index in [1.807, 2.05) is 0 Å². The van der Waals surface area contributed by atoms with Gasteiger partial charge in [0.1, 0.15) is 5.82 Å². The van der Waals surface area contributed by atoms with Crippen LogP contribution in [0, 0.1) is 6.92 Å². The third-order valence-corrected chi connectivity index (χ3v) is 7.60. The number of carbonyl (C=O) groups excluding carboxylic acids is 1. The first kappa shape index (κ1) is 21.1. The number of nitrogens with one attached hydrogen (secondary N) is 1. The van der Waals surface area contributed by atoms with Crippen molar-refractivity contribution in [2.45, 2.75) is 70.4 Å². The molecule has 1 aromatic rings. The highest BCUT2D eigenvalue weighted by atomic mass is 32.2. The van der Waals surface area contributed by atoms with Gasteiger partial charge in [-0.2, -0.15) is 17.0 Å². The molecule has 2 fully saturated rings. The molecule has 1 saturated carbocycles. The lowest BCUT2D eigenvalue weighted by Crippen LogP contribution is -2.45. The van der Waals surface area contributed by atoms with Crippen molar-refractivity contribution < 1.29 is 13.2 Å². The summed E-state index contributed by atoms with van der Waals surface area (Å²) in [5.74, 6) is 0.340. The van der Waals surface area contributed by atoms with Crippen molar-refractivity contribution in [3.8, 4) is 0 Å². The summed E-state index contributed by atoms with van der Waals surface area (Å²) in [6.45, 7) is 2.19. The van der Waals surface area contributed by atoms with Gasteiger partial charge in [0.2, 0.25) is 0 Å². The largest absolute Gasteiger partial charge is 0.349 e. The Balaban J connectivity index is 1.93. The zero-order valence-corrected chi connectivity index (χ0v) is 17.8. The molecule has 2 heterocycles. The number of rotatable bonds is 5. The van der Waals surface area contributed by atoms with Crippen LogP contribution in [0.15, 0.2) is 6.20 Å². The van der Waals surface area contributed by atoms with Gasteiger partial charge in [-0.25, -0.2) is 9.97 Å². The smallest absolute Gasteiger partial charge is 0.282 e. The lowest BCUT2D eigenvalue weighted by molar-refractivity contribution is 0.0922. The second kappa shape index (κ2) is 8.84. The van der Waals surface area contributed by atoms with E-state index < -0.39 is 16.3 Å². The Bertz CT molecular complexity index is 806. The Labute approximate surface area is 167 Å². The van der Waals surface area contributed by atoms with E-state index in [9.17, 15) is 13.2 Å². The molecule has 0 unspecified atom stereocenters. The van der Waals surface area contributed by atoms with Gasteiger partial charge in [-0.1, -0.05) is 25.7 Å². The van der Waals surface area contributed by atoms with Gasteiger partial charge in [-0.05, 0) is 32.6 Å². The third-order valence-electron chi connectivity index (χ3n) is 5.65. The van der Waals surface area contributed by atoms with Gasteiger partial charge in [0.05, 0.1) is 17.3 Å². The molecule has 1 saturated heterocycles.